The number of hydrogen-bond donors (Lipinski definition) is 0. The minimum absolute atomic E-state index is 0.150. The van der Waals surface area contributed by atoms with Crippen LogP contribution in [0, 0.1) is 0 Å². The Morgan fingerprint density at radius 3 is 1.70 bits per heavy atom. The highest BCUT2D eigenvalue weighted by molar-refractivity contribution is 6.08. The molecule has 0 N–H and O–H groups in total. The molecule has 0 saturated carbocycles. The average Bonchev–Trinajstić information content (AvgIpc) is 3.84. The molecule has 0 spiro atoms. The van der Waals surface area contributed by atoms with Crippen molar-refractivity contribution in [3.63, 3.8) is 0 Å². The quantitative estimate of drug-likeness (QED) is 0.172. The Morgan fingerprint density at radius 1 is 0.411 bits per heavy atom. The third-order valence-electron chi connectivity index (χ3n) is 11.1. The smallest absolute Gasteiger partial charge is 0.160 e. The third-order valence-corrected chi connectivity index (χ3v) is 11.1. The average molecular weight is 719 g/mol. The van der Waals surface area contributed by atoms with E-state index < -0.39 is 0 Å². The molecule has 11 rings (SSSR count). The molecule has 1 unspecified atom stereocenters. The zero-order chi connectivity index (χ0) is 37.0. The molecule has 3 aromatic heterocycles. The fraction of sp³-hybridized carbons (Fsp3) is 0.0385. The Hall–Kier alpha value is -7.30. The lowest BCUT2D eigenvalue weighted by molar-refractivity contribution is 0.668. The van der Waals surface area contributed by atoms with Crippen molar-refractivity contribution >= 4 is 43.9 Å². The van der Waals surface area contributed by atoms with Gasteiger partial charge in [0.25, 0.3) is 0 Å². The summed E-state index contributed by atoms with van der Waals surface area (Å²) < 4.78 is 12.4. The van der Waals surface area contributed by atoms with Crippen LogP contribution in [0.5, 0.6) is 0 Å². The molecule has 0 saturated heterocycles. The molecule has 0 radical (unpaired) electrons. The van der Waals surface area contributed by atoms with E-state index in [0.717, 1.165) is 95.1 Å². The van der Waals surface area contributed by atoms with Crippen LogP contribution in [-0.4, -0.2) is 9.97 Å². The molecule has 3 heterocycles. The zero-order valence-electron chi connectivity index (χ0n) is 30.4. The van der Waals surface area contributed by atoms with Gasteiger partial charge in [-0.15, -0.1) is 0 Å². The second-order valence-electron chi connectivity index (χ2n) is 14.5. The SMILES string of the molecule is C1=CCC(c2cc(-c3ccc(-c4ccccc4)cc3)nc(-c3ccc(-c4ccc5oc6ccccc6c5c4)cc3-c3ccc4oc5ccccc5c4c3)n2)C=C1. The van der Waals surface area contributed by atoms with Crippen molar-refractivity contribution in [2.24, 2.45) is 0 Å². The van der Waals surface area contributed by atoms with E-state index >= 15 is 0 Å². The van der Waals surface area contributed by atoms with E-state index in [-0.39, 0.29) is 5.92 Å². The van der Waals surface area contributed by atoms with Gasteiger partial charge in [-0.05, 0) is 94.4 Å². The van der Waals surface area contributed by atoms with Crippen LogP contribution in [0.1, 0.15) is 18.0 Å². The van der Waals surface area contributed by atoms with Gasteiger partial charge in [0.2, 0.25) is 0 Å². The monoisotopic (exact) mass is 718 g/mol. The highest BCUT2D eigenvalue weighted by atomic mass is 16.3. The van der Waals surface area contributed by atoms with E-state index in [1.54, 1.807) is 0 Å². The summed E-state index contributed by atoms with van der Waals surface area (Å²) in [5.74, 6) is 0.847. The largest absolute Gasteiger partial charge is 0.456 e. The fourth-order valence-electron chi connectivity index (χ4n) is 8.15. The van der Waals surface area contributed by atoms with Gasteiger partial charge in [0.15, 0.2) is 5.82 Å². The van der Waals surface area contributed by atoms with Gasteiger partial charge in [0, 0.05) is 38.6 Å². The summed E-state index contributed by atoms with van der Waals surface area (Å²) in [7, 11) is 0. The number of aromatic nitrogens is 2. The van der Waals surface area contributed by atoms with E-state index in [2.05, 4.69) is 158 Å². The van der Waals surface area contributed by atoms with E-state index in [4.69, 9.17) is 18.8 Å². The van der Waals surface area contributed by atoms with Gasteiger partial charge in [-0.2, -0.15) is 0 Å². The van der Waals surface area contributed by atoms with Crippen molar-refractivity contribution < 1.29 is 8.83 Å². The molecule has 0 fully saturated rings. The molecule has 1 atom stereocenters. The summed E-state index contributed by atoms with van der Waals surface area (Å²) in [4.78, 5) is 10.7. The van der Waals surface area contributed by atoms with Gasteiger partial charge < -0.3 is 8.83 Å². The summed E-state index contributed by atoms with van der Waals surface area (Å²) >= 11 is 0. The molecular formula is C52H34N2O2. The summed E-state index contributed by atoms with van der Waals surface area (Å²) in [6.45, 7) is 0. The minimum Gasteiger partial charge on any atom is -0.456 e. The molecule has 0 bridgehead atoms. The van der Waals surface area contributed by atoms with E-state index in [1.165, 1.54) is 11.1 Å². The van der Waals surface area contributed by atoms with Crippen molar-refractivity contribution in [3.8, 4) is 56.0 Å². The van der Waals surface area contributed by atoms with Gasteiger partial charge >= 0.3 is 0 Å². The lowest BCUT2D eigenvalue weighted by Crippen LogP contribution is -2.04. The Labute approximate surface area is 323 Å². The van der Waals surface area contributed by atoms with Crippen LogP contribution >= 0.6 is 0 Å². The highest BCUT2D eigenvalue weighted by Gasteiger charge is 2.20. The molecule has 1 aliphatic rings. The maximum atomic E-state index is 6.26. The molecule has 4 nitrogen and oxygen atoms in total. The maximum Gasteiger partial charge on any atom is 0.160 e. The molecule has 4 heteroatoms. The topological polar surface area (TPSA) is 52.1 Å². The third kappa shape index (κ3) is 5.62. The number of allylic oxidation sites excluding steroid dienone is 4. The standard InChI is InChI=1S/C52H34N2O2/c1-3-11-33(12-4-1)34-19-21-36(22-20-34)47-32-46(35-13-5-2-6-14-35)53-52(54-47)42-26-23-37(38-24-27-50-44(30-38)40-15-7-9-17-48(40)55-50)29-43(42)39-25-28-51-45(31-39)41-16-8-10-18-49(41)56-51/h1-13,15-32,35H,14H2. The Kier molecular flexibility index (Phi) is 7.59. The summed E-state index contributed by atoms with van der Waals surface area (Å²) in [5, 5.41) is 4.38. The Balaban J connectivity index is 1.11. The van der Waals surface area contributed by atoms with Crippen molar-refractivity contribution in [1.29, 1.82) is 0 Å². The first kappa shape index (κ1) is 32.2. The zero-order valence-corrected chi connectivity index (χ0v) is 30.4. The number of fused-ring (bicyclic) bond motifs is 6. The molecule has 10 aromatic rings. The van der Waals surface area contributed by atoms with Gasteiger partial charge in [-0.1, -0.05) is 133 Å². The first-order valence-corrected chi connectivity index (χ1v) is 19.1. The number of para-hydroxylation sites is 2. The fourth-order valence-corrected chi connectivity index (χ4v) is 8.15. The van der Waals surface area contributed by atoms with Crippen molar-refractivity contribution in [1.82, 2.24) is 9.97 Å². The lowest BCUT2D eigenvalue weighted by atomic mass is 9.92. The predicted octanol–water partition coefficient (Wildman–Crippen LogP) is 14.2. The second kappa shape index (κ2) is 13.2. The summed E-state index contributed by atoms with van der Waals surface area (Å²) in [5.41, 5.74) is 14.1. The van der Waals surface area contributed by atoms with Crippen LogP contribution < -0.4 is 0 Å². The van der Waals surface area contributed by atoms with Gasteiger partial charge in [-0.25, -0.2) is 9.97 Å². The number of furan rings is 2. The van der Waals surface area contributed by atoms with Crippen LogP contribution in [-0.2, 0) is 0 Å². The molecule has 0 aliphatic heterocycles. The molecule has 0 amide bonds. The predicted molar refractivity (Wildman–Crippen MR) is 229 cm³/mol. The maximum absolute atomic E-state index is 6.26. The number of nitrogens with zero attached hydrogens (tertiary/aromatic N) is 2. The van der Waals surface area contributed by atoms with Crippen LogP contribution in [0.2, 0.25) is 0 Å². The highest BCUT2D eigenvalue weighted by Crippen LogP contribution is 2.41. The number of benzene rings is 7. The van der Waals surface area contributed by atoms with E-state index in [9.17, 15) is 0 Å². The summed E-state index contributed by atoms with van der Waals surface area (Å²) in [6.07, 6.45) is 9.57. The van der Waals surface area contributed by atoms with Crippen molar-refractivity contribution in [3.05, 3.63) is 194 Å². The Bertz CT molecular complexity index is 3170. The molecule has 7 aromatic carbocycles. The van der Waals surface area contributed by atoms with Gasteiger partial charge in [0.05, 0.1) is 11.4 Å². The lowest BCUT2D eigenvalue weighted by Gasteiger charge is -2.17. The number of hydrogen-bond acceptors (Lipinski definition) is 4. The van der Waals surface area contributed by atoms with Crippen LogP contribution in [0.4, 0.5) is 0 Å². The van der Waals surface area contributed by atoms with Crippen LogP contribution in [0.15, 0.2) is 197 Å². The van der Waals surface area contributed by atoms with Gasteiger partial charge in [0.1, 0.15) is 22.3 Å². The van der Waals surface area contributed by atoms with Crippen molar-refractivity contribution in [2.45, 2.75) is 12.3 Å². The minimum atomic E-state index is 0.150. The van der Waals surface area contributed by atoms with E-state index in [0.29, 0.717) is 5.82 Å². The normalized spacial score (nSPS) is 14.0. The molecular weight excluding hydrogens is 685 g/mol. The second-order valence-corrected chi connectivity index (χ2v) is 14.5. The van der Waals surface area contributed by atoms with Crippen LogP contribution in [0.25, 0.3) is 99.9 Å². The number of rotatable bonds is 6. The van der Waals surface area contributed by atoms with Crippen molar-refractivity contribution in [2.75, 3.05) is 0 Å². The molecule has 56 heavy (non-hydrogen) atoms. The first-order chi connectivity index (χ1) is 27.7. The summed E-state index contributed by atoms with van der Waals surface area (Å²) in [6, 6.07) is 57.4. The molecule has 264 valence electrons. The van der Waals surface area contributed by atoms with Crippen LogP contribution in [0.3, 0.4) is 0 Å². The molecule has 1 aliphatic carbocycles. The first-order valence-electron chi connectivity index (χ1n) is 19.1. The van der Waals surface area contributed by atoms with Gasteiger partial charge in [-0.3, -0.25) is 0 Å². The van der Waals surface area contributed by atoms with E-state index in [1.807, 2.05) is 30.3 Å². The Morgan fingerprint density at radius 2 is 0.982 bits per heavy atom.